The van der Waals surface area contributed by atoms with Crippen LogP contribution >= 0.6 is 0 Å². The predicted octanol–water partition coefficient (Wildman–Crippen LogP) is 1.90. The summed E-state index contributed by atoms with van der Waals surface area (Å²) in [5.41, 5.74) is 3.01. The molecule has 114 valence electrons. The van der Waals surface area contributed by atoms with E-state index in [1.54, 1.807) is 13.8 Å². The van der Waals surface area contributed by atoms with Crippen molar-refractivity contribution in [2.45, 2.75) is 26.8 Å². The number of hydrogen-bond donors (Lipinski definition) is 2. The van der Waals surface area contributed by atoms with E-state index in [9.17, 15) is 4.79 Å². The fourth-order valence-electron chi connectivity index (χ4n) is 2.38. The highest BCUT2D eigenvalue weighted by molar-refractivity contribution is 5.95. The molecule has 6 nitrogen and oxygen atoms in total. The molecule has 1 atom stereocenters. The lowest BCUT2D eigenvalue weighted by atomic mass is 9.93. The van der Waals surface area contributed by atoms with Crippen molar-refractivity contribution in [1.29, 1.82) is 5.26 Å². The van der Waals surface area contributed by atoms with E-state index in [0.29, 0.717) is 23.8 Å². The molecule has 1 aromatic rings. The summed E-state index contributed by atoms with van der Waals surface area (Å²) in [5.74, 6) is -0.0817. The first-order chi connectivity index (χ1) is 10.6. The van der Waals surface area contributed by atoms with E-state index in [1.165, 1.54) is 0 Å². The minimum absolute atomic E-state index is 0.295. The van der Waals surface area contributed by atoms with Crippen LogP contribution in [0.5, 0.6) is 0 Å². The molecule has 0 amide bonds. The van der Waals surface area contributed by atoms with E-state index >= 15 is 0 Å². The van der Waals surface area contributed by atoms with Gasteiger partial charge in [-0.1, -0.05) is 24.3 Å². The molecule has 0 fully saturated rings. The highest BCUT2D eigenvalue weighted by atomic mass is 16.5. The number of aryl methyl sites for hydroxylation is 1. The lowest BCUT2D eigenvalue weighted by Crippen LogP contribution is -2.39. The van der Waals surface area contributed by atoms with Crippen molar-refractivity contribution in [3.8, 4) is 6.19 Å². The number of hydrogen-bond acceptors (Lipinski definition) is 6. The molecule has 0 saturated heterocycles. The summed E-state index contributed by atoms with van der Waals surface area (Å²) in [5, 5.41) is 14.2. The van der Waals surface area contributed by atoms with Crippen molar-refractivity contribution in [2.75, 3.05) is 6.61 Å². The molecule has 0 saturated carbocycles. The van der Waals surface area contributed by atoms with E-state index in [2.05, 4.69) is 15.6 Å². The lowest BCUT2D eigenvalue weighted by Gasteiger charge is -2.26. The SMILES string of the molecule is CCOC(=O)C1=C(C)NC(NC#N)=N[C@@H]1c1ccccc1C. The fraction of sp³-hybridized carbons (Fsp3) is 0.312. The molecule has 0 unspecified atom stereocenters. The second-order valence-corrected chi connectivity index (χ2v) is 4.86. The number of esters is 1. The molecule has 2 rings (SSSR count). The Kier molecular flexibility index (Phi) is 4.79. The van der Waals surface area contributed by atoms with Gasteiger partial charge in [0.15, 0.2) is 6.19 Å². The minimum Gasteiger partial charge on any atom is -0.463 e. The van der Waals surface area contributed by atoms with E-state index in [0.717, 1.165) is 11.1 Å². The zero-order valence-corrected chi connectivity index (χ0v) is 12.8. The van der Waals surface area contributed by atoms with Crippen LogP contribution < -0.4 is 10.6 Å². The molecule has 1 aliphatic heterocycles. The number of carbonyl (C=O) groups excluding carboxylic acids is 1. The van der Waals surface area contributed by atoms with Crippen molar-refractivity contribution in [2.24, 2.45) is 4.99 Å². The summed E-state index contributed by atoms with van der Waals surface area (Å²) < 4.78 is 5.15. The standard InChI is InChI=1S/C16H18N4O2/c1-4-22-15(21)13-11(3)19-16(18-9-17)20-14(13)12-8-6-5-7-10(12)2/h5-8,14H,4H2,1-3H3,(H2,18,19,20)/t14-/m1/s1. The van der Waals surface area contributed by atoms with Gasteiger partial charge in [0.1, 0.15) is 6.04 Å². The molecule has 0 aromatic heterocycles. The van der Waals surface area contributed by atoms with E-state index in [4.69, 9.17) is 10.00 Å². The predicted molar refractivity (Wildman–Crippen MR) is 82.6 cm³/mol. The maximum absolute atomic E-state index is 12.3. The number of benzene rings is 1. The van der Waals surface area contributed by atoms with Crippen LogP contribution in [-0.4, -0.2) is 18.5 Å². The Morgan fingerprint density at radius 2 is 2.18 bits per heavy atom. The van der Waals surface area contributed by atoms with Crippen molar-refractivity contribution in [3.63, 3.8) is 0 Å². The lowest BCUT2D eigenvalue weighted by molar-refractivity contribution is -0.138. The van der Waals surface area contributed by atoms with Gasteiger partial charge in [-0.3, -0.25) is 5.32 Å². The largest absolute Gasteiger partial charge is 0.463 e. The summed E-state index contributed by atoms with van der Waals surface area (Å²) in [7, 11) is 0. The number of nitrogens with one attached hydrogen (secondary N) is 2. The molecule has 1 heterocycles. The maximum atomic E-state index is 12.3. The van der Waals surface area contributed by atoms with Gasteiger partial charge in [-0.2, -0.15) is 5.26 Å². The van der Waals surface area contributed by atoms with Gasteiger partial charge in [0.05, 0.1) is 12.2 Å². The third kappa shape index (κ3) is 3.09. The van der Waals surface area contributed by atoms with Crippen LogP contribution in [-0.2, 0) is 9.53 Å². The van der Waals surface area contributed by atoms with Crippen molar-refractivity contribution in [1.82, 2.24) is 10.6 Å². The second kappa shape index (κ2) is 6.76. The highest BCUT2D eigenvalue weighted by Gasteiger charge is 2.30. The van der Waals surface area contributed by atoms with Gasteiger partial charge in [-0.25, -0.2) is 9.79 Å². The van der Waals surface area contributed by atoms with Gasteiger partial charge in [-0.15, -0.1) is 0 Å². The third-order valence-electron chi connectivity index (χ3n) is 3.39. The molecule has 6 heteroatoms. The average molecular weight is 298 g/mol. The number of rotatable bonds is 3. The molecule has 22 heavy (non-hydrogen) atoms. The fourth-order valence-corrected chi connectivity index (χ4v) is 2.38. The minimum atomic E-state index is -0.502. The molecule has 1 aliphatic rings. The van der Waals surface area contributed by atoms with Gasteiger partial charge < -0.3 is 10.1 Å². The van der Waals surface area contributed by atoms with Crippen molar-refractivity contribution < 1.29 is 9.53 Å². The molecule has 0 spiro atoms. The quantitative estimate of drug-likeness (QED) is 0.505. The first kappa shape index (κ1) is 15.6. The Hall–Kier alpha value is -2.81. The average Bonchev–Trinajstić information content (AvgIpc) is 2.47. The highest BCUT2D eigenvalue weighted by Crippen LogP contribution is 2.32. The molecule has 0 aliphatic carbocycles. The Balaban J connectivity index is 2.51. The first-order valence-corrected chi connectivity index (χ1v) is 7.01. The van der Waals surface area contributed by atoms with Crippen molar-refractivity contribution in [3.05, 3.63) is 46.7 Å². The number of ether oxygens (including phenoxy) is 1. The summed E-state index contributed by atoms with van der Waals surface area (Å²) in [6.07, 6.45) is 1.83. The van der Waals surface area contributed by atoms with Gasteiger partial charge in [0, 0.05) is 5.70 Å². The smallest absolute Gasteiger partial charge is 0.338 e. The Morgan fingerprint density at radius 3 is 2.82 bits per heavy atom. The molecular weight excluding hydrogens is 280 g/mol. The molecule has 1 aromatic carbocycles. The number of nitrogens with zero attached hydrogens (tertiary/aromatic N) is 2. The maximum Gasteiger partial charge on any atom is 0.338 e. The Bertz CT molecular complexity index is 686. The van der Waals surface area contributed by atoms with Gasteiger partial charge in [0.25, 0.3) is 0 Å². The van der Waals surface area contributed by atoms with E-state index in [1.807, 2.05) is 37.4 Å². The van der Waals surface area contributed by atoms with E-state index in [-0.39, 0.29) is 0 Å². The van der Waals surface area contributed by atoms with Gasteiger partial charge in [0.2, 0.25) is 5.96 Å². The number of nitriles is 1. The number of allylic oxidation sites excluding steroid dienone is 1. The second-order valence-electron chi connectivity index (χ2n) is 4.86. The summed E-state index contributed by atoms with van der Waals surface area (Å²) in [6, 6.07) is 7.21. The first-order valence-electron chi connectivity index (χ1n) is 7.01. The van der Waals surface area contributed by atoms with Crippen LogP contribution in [0.1, 0.15) is 31.0 Å². The number of carbonyl (C=O) groups is 1. The Labute approximate surface area is 129 Å². The van der Waals surface area contributed by atoms with Crippen LogP contribution in [0.25, 0.3) is 0 Å². The summed E-state index contributed by atoms with van der Waals surface area (Å²) in [6.45, 7) is 5.79. The monoisotopic (exact) mass is 298 g/mol. The van der Waals surface area contributed by atoms with Crippen LogP contribution in [0.15, 0.2) is 40.5 Å². The van der Waals surface area contributed by atoms with Crippen LogP contribution in [0.3, 0.4) is 0 Å². The van der Waals surface area contributed by atoms with Gasteiger partial charge >= 0.3 is 5.97 Å². The van der Waals surface area contributed by atoms with Crippen LogP contribution in [0.4, 0.5) is 0 Å². The number of aliphatic imine (C=N–C) groups is 1. The molecule has 0 bridgehead atoms. The van der Waals surface area contributed by atoms with E-state index < -0.39 is 12.0 Å². The normalized spacial score (nSPS) is 17.2. The van der Waals surface area contributed by atoms with Crippen LogP contribution in [0.2, 0.25) is 0 Å². The molecule has 0 radical (unpaired) electrons. The van der Waals surface area contributed by atoms with Gasteiger partial charge in [-0.05, 0) is 31.9 Å². The number of guanidine groups is 1. The van der Waals surface area contributed by atoms with Crippen molar-refractivity contribution >= 4 is 11.9 Å². The zero-order chi connectivity index (χ0) is 16.1. The Morgan fingerprint density at radius 1 is 1.45 bits per heavy atom. The summed E-state index contributed by atoms with van der Waals surface area (Å²) in [4.78, 5) is 16.7. The summed E-state index contributed by atoms with van der Waals surface area (Å²) >= 11 is 0. The molecule has 2 N–H and O–H groups in total. The molecular formula is C16H18N4O2. The third-order valence-corrected chi connectivity index (χ3v) is 3.39. The zero-order valence-electron chi connectivity index (χ0n) is 12.8. The topological polar surface area (TPSA) is 86.5 Å². The van der Waals surface area contributed by atoms with Crippen LogP contribution in [0, 0.1) is 18.4 Å².